The van der Waals surface area contributed by atoms with Gasteiger partial charge in [0.1, 0.15) is 0 Å². The summed E-state index contributed by atoms with van der Waals surface area (Å²) in [6, 6.07) is 4.15. The third-order valence-corrected chi connectivity index (χ3v) is 3.61. The van der Waals surface area contributed by atoms with Gasteiger partial charge in [0.25, 0.3) is 0 Å². The first kappa shape index (κ1) is 14.8. The van der Waals surface area contributed by atoms with Gasteiger partial charge in [0.05, 0.1) is 11.2 Å². The number of alkyl halides is 3. The number of Topliss-reactive ketones (excluding diaryl/α,β-unsaturated/α-hetero) is 1. The summed E-state index contributed by atoms with van der Waals surface area (Å²) in [5.41, 5.74) is -1.00. The van der Waals surface area contributed by atoms with Crippen LogP contribution >= 0.6 is 0 Å². The first-order valence-electron chi connectivity index (χ1n) is 6.29. The Hall–Kier alpha value is -1.62. The van der Waals surface area contributed by atoms with Gasteiger partial charge >= 0.3 is 6.18 Å². The normalized spacial score (nSPS) is 22.8. The molecular weight excluding hydrogens is 269 g/mol. The van der Waals surface area contributed by atoms with Crippen molar-refractivity contribution in [3.63, 3.8) is 0 Å². The minimum atomic E-state index is -4.40. The third kappa shape index (κ3) is 2.77. The smallest absolute Gasteiger partial charge is 0.370 e. The van der Waals surface area contributed by atoms with E-state index in [0.29, 0.717) is 13.0 Å². The number of benzene rings is 1. The van der Waals surface area contributed by atoms with Crippen molar-refractivity contribution in [1.29, 1.82) is 0 Å². The molecule has 0 spiro atoms. The van der Waals surface area contributed by atoms with Crippen LogP contribution in [-0.2, 0) is 10.9 Å². The zero-order valence-electron chi connectivity index (χ0n) is 11.1. The number of hydrogen-bond acceptors (Lipinski definition) is 2. The maximum Gasteiger partial charge on any atom is 0.416 e. The molecule has 0 amide bonds. The molecule has 1 fully saturated rings. The minimum absolute atomic E-state index is 0.194. The second-order valence-corrected chi connectivity index (χ2v) is 5.07. The molecule has 1 aromatic carbocycles. The molecule has 20 heavy (non-hydrogen) atoms. The molecule has 0 aliphatic carbocycles. The van der Waals surface area contributed by atoms with Crippen molar-refractivity contribution in [1.82, 2.24) is 0 Å². The summed E-state index contributed by atoms with van der Waals surface area (Å²) < 4.78 is 42.9. The van der Waals surface area contributed by atoms with Gasteiger partial charge in [-0.3, -0.25) is 4.79 Å². The van der Waals surface area contributed by atoms with Gasteiger partial charge in [0.15, 0.2) is 5.78 Å². The molecule has 0 unspecified atom stereocenters. The van der Waals surface area contributed by atoms with Crippen molar-refractivity contribution >= 4 is 5.78 Å². The number of carbonyl (C=O) groups is 1. The molecule has 1 saturated heterocycles. The Bertz CT molecular complexity index is 523. The lowest BCUT2D eigenvalue weighted by molar-refractivity contribution is -0.137. The second-order valence-electron chi connectivity index (χ2n) is 5.07. The van der Waals surface area contributed by atoms with Crippen molar-refractivity contribution < 1.29 is 22.7 Å². The Kier molecular flexibility index (Phi) is 3.73. The van der Waals surface area contributed by atoms with Crippen molar-refractivity contribution in [2.75, 3.05) is 6.61 Å². The van der Waals surface area contributed by atoms with Gasteiger partial charge in [-0.25, -0.2) is 0 Å². The summed E-state index contributed by atoms with van der Waals surface area (Å²) in [6.07, 6.45) is -2.87. The number of hydrogen-bond donors (Lipinski definition) is 0. The quantitative estimate of drug-likeness (QED) is 0.619. The van der Waals surface area contributed by atoms with E-state index in [2.05, 4.69) is 6.58 Å². The number of carbonyl (C=O) groups excluding carboxylic acids is 1. The molecule has 108 valence electrons. The number of halogens is 3. The van der Waals surface area contributed by atoms with Gasteiger partial charge in [0, 0.05) is 17.7 Å². The fraction of sp³-hybridized carbons (Fsp3) is 0.400. The monoisotopic (exact) mass is 284 g/mol. The molecule has 0 radical (unpaired) electrons. The summed E-state index contributed by atoms with van der Waals surface area (Å²) >= 11 is 0. The summed E-state index contributed by atoms with van der Waals surface area (Å²) in [4.78, 5) is 12.2. The highest BCUT2D eigenvalue weighted by Crippen LogP contribution is 2.34. The topological polar surface area (TPSA) is 26.3 Å². The van der Waals surface area contributed by atoms with Gasteiger partial charge in [0.2, 0.25) is 0 Å². The lowest BCUT2D eigenvalue weighted by Crippen LogP contribution is -2.30. The molecule has 0 aromatic heterocycles. The third-order valence-electron chi connectivity index (χ3n) is 3.61. The molecule has 5 heteroatoms. The van der Waals surface area contributed by atoms with Crippen LogP contribution in [0.2, 0.25) is 0 Å². The summed E-state index contributed by atoms with van der Waals surface area (Å²) in [7, 11) is 0. The van der Waals surface area contributed by atoms with Crippen molar-refractivity contribution in [2.24, 2.45) is 0 Å². The van der Waals surface area contributed by atoms with Gasteiger partial charge in [-0.1, -0.05) is 18.7 Å². The van der Waals surface area contributed by atoms with Crippen LogP contribution in [0.15, 0.2) is 36.4 Å². The van der Waals surface area contributed by atoms with E-state index in [1.54, 1.807) is 6.92 Å². The fourth-order valence-electron chi connectivity index (χ4n) is 2.24. The molecule has 2 rings (SSSR count). The largest absolute Gasteiger partial charge is 0.416 e. The molecule has 1 aliphatic heterocycles. The van der Waals surface area contributed by atoms with Crippen LogP contribution in [0, 0.1) is 0 Å². The maximum absolute atomic E-state index is 12.5. The van der Waals surface area contributed by atoms with Gasteiger partial charge in [-0.05, 0) is 31.9 Å². The summed E-state index contributed by atoms with van der Waals surface area (Å²) in [5.74, 6) is -0.372. The van der Waals surface area contributed by atoms with Crippen LogP contribution in [0.1, 0.15) is 35.7 Å². The van der Waals surface area contributed by atoms with Crippen LogP contribution in [-0.4, -0.2) is 18.0 Å². The van der Waals surface area contributed by atoms with E-state index in [1.165, 1.54) is 12.1 Å². The van der Waals surface area contributed by atoms with E-state index in [1.807, 2.05) is 0 Å². The predicted molar refractivity (Wildman–Crippen MR) is 68.5 cm³/mol. The molecule has 0 bridgehead atoms. The molecule has 2 nitrogen and oxygen atoms in total. The maximum atomic E-state index is 12.5. The van der Waals surface area contributed by atoms with Crippen LogP contribution in [0.4, 0.5) is 13.2 Å². The number of ether oxygens (including phenoxy) is 1. The van der Waals surface area contributed by atoms with Crippen LogP contribution in [0.25, 0.3) is 0 Å². The number of rotatable bonds is 3. The Labute approximate surface area is 115 Å². The molecule has 0 saturated carbocycles. The zero-order chi connectivity index (χ0) is 15.0. The first-order valence-corrected chi connectivity index (χ1v) is 6.29. The zero-order valence-corrected chi connectivity index (χ0v) is 11.1. The Morgan fingerprint density at radius 3 is 2.35 bits per heavy atom. The van der Waals surface area contributed by atoms with E-state index < -0.39 is 17.3 Å². The molecule has 1 aliphatic rings. The Balaban J connectivity index is 2.19. The SMILES string of the molecule is C=C(C(=O)c1ccc(C(F)(F)F)cc1)[C@]1(C)CCCO1. The van der Waals surface area contributed by atoms with E-state index in [0.717, 1.165) is 18.6 Å². The summed E-state index contributed by atoms with van der Waals surface area (Å²) in [5, 5.41) is 0. The average Bonchev–Trinajstić information content (AvgIpc) is 2.84. The second kappa shape index (κ2) is 5.05. The van der Waals surface area contributed by atoms with Crippen LogP contribution in [0.5, 0.6) is 0 Å². The lowest BCUT2D eigenvalue weighted by Gasteiger charge is -2.24. The highest BCUT2D eigenvalue weighted by molar-refractivity contribution is 6.09. The van der Waals surface area contributed by atoms with E-state index >= 15 is 0 Å². The van der Waals surface area contributed by atoms with Crippen molar-refractivity contribution in [3.05, 3.63) is 47.5 Å². The lowest BCUT2D eigenvalue weighted by atomic mass is 9.88. The predicted octanol–water partition coefficient (Wildman–Crippen LogP) is 4.01. The highest BCUT2D eigenvalue weighted by atomic mass is 19.4. The van der Waals surface area contributed by atoms with E-state index in [9.17, 15) is 18.0 Å². The fourth-order valence-corrected chi connectivity index (χ4v) is 2.24. The summed E-state index contributed by atoms with van der Waals surface area (Å²) in [6.45, 7) is 6.11. The Morgan fingerprint density at radius 1 is 1.30 bits per heavy atom. The average molecular weight is 284 g/mol. The van der Waals surface area contributed by atoms with Gasteiger partial charge in [-0.2, -0.15) is 13.2 Å². The molecule has 1 atom stereocenters. The molecule has 0 N–H and O–H groups in total. The molecule has 1 heterocycles. The minimum Gasteiger partial charge on any atom is -0.370 e. The standard InChI is InChI=1S/C15H15F3O2/c1-10(14(2)8-3-9-20-14)13(19)11-4-6-12(7-5-11)15(16,17)18/h4-7H,1,3,8-9H2,2H3/t14-/m0/s1. The van der Waals surface area contributed by atoms with Crippen molar-refractivity contribution in [3.8, 4) is 0 Å². The Morgan fingerprint density at radius 2 is 1.90 bits per heavy atom. The van der Waals surface area contributed by atoms with Crippen molar-refractivity contribution in [2.45, 2.75) is 31.5 Å². The highest BCUT2D eigenvalue weighted by Gasteiger charge is 2.37. The molecular formula is C15H15F3O2. The number of ketones is 1. The van der Waals surface area contributed by atoms with Gasteiger partial charge < -0.3 is 4.74 Å². The van der Waals surface area contributed by atoms with Crippen LogP contribution in [0.3, 0.4) is 0 Å². The van der Waals surface area contributed by atoms with Gasteiger partial charge in [-0.15, -0.1) is 0 Å². The molecule has 1 aromatic rings. The van der Waals surface area contributed by atoms with E-state index in [-0.39, 0.29) is 16.9 Å². The van der Waals surface area contributed by atoms with Crippen LogP contribution < -0.4 is 0 Å². The van der Waals surface area contributed by atoms with E-state index in [4.69, 9.17) is 4.74 Å². The first-order chi connectivity index (χ1) is 9.24.